The van der Waals surface area contributed by atoms with Gasteiger partial charge in [0, 0.05) is 24.3 Å². The van der Waals surface area contributed by atoms with Crippen LogP contribution >= 0.6 is 28.1 Å². The monoisotopic (exact) mass is 565 g/mol. The molecule has 7 nitrogen and oxygen atoms in total. The van der Waals surface area contributed by atoms with E-state index in [1.54, 1.807) is 30.3 Å². The van der Waals surface area contributed by atoms with Gasteiger partial charge in [-0.25, -0.2) is 8.42 Å². The van der Waals surface area contributed by atoms with Crippen molar-refractivity contribution in [1.82, 2.24) is 9.62 Å². The lowest BCUT2D eigenvalue weighted by atomic mass is 10.2. The molecule has 0 aromatic heterocycles. The van der Waals surface area contributed by atoms with E-state index < -0.39 is 15.9 Å². The number of sulfonamides is 1. The van der Waals surface area contributed by atoms with E-state index in [2.05, 4.69) is 53.6 Å². The fourth-order valence-corrected chi connectivity index (χ4v) is 4.86. The van der Waals surface area contributed by atoms with E-state index in [0.29, 0.717) is 34.0 Å². The second-order valence-electron chi connectivity index (χ2n) is 7.68. The fourth-order valence-electron chi connectivity index (χ4n) is 2.77. The normalized spacial score (nSPS) is 11.2. The zero-order valence-electron chi connectivity index (χ0n) is 19.1. The molecule has 0 bridgehead atoms. The number of anilines is 1. The third-order valence-electron chi connectivity index (χ3n) is 4.41. The van der Waals surface area contributed by atoms with Crippen LogP contribution in [0.15, 0.2) is 77.1 Å². The average molecular weight is 567 g/mol. The summed E-state index contributed by atoms with van der Waals surface area (Å²) in [5.74, 6) is 0.642. The first-order valence-corrected chi connectivity index (χ1v) is 13.1. The topological polar surface area (TPSA) is 87.7 Å². The highest BCUT2D eigenvalue weighted by molar-refractivity contribution is 9.10. The molecule has 0 aliphatic carbocycles. The Labute approximate surface area is 215 Å². The van der Waals surface area contributed by atoms with Gasteiger partial charge >= 0.3 is 0 Å². The van der Waals surface area contributed by atoms with Crippen LogP contribution in [-0.4, -0.2) is 43.4 Å². The Balaban J connectivity index is 2.02. The average Bonchev–Trinajstić information content (AvgIpc) is 2.78. The van der Waals surface area contributed by atoms with Crippen molar-refractivity contribution in [3.05, 3.63) is 77.8 Å². The maximum Gasteiger partial charge on any atom is 0.257 e. The maximum atomic E-state index is 12.8. The number of carbonyl (C=O) groups excluding carboxylic acids is 1. The van der Waals surface area contributed by atoms with Crippen LogP contribution in [0.3, 0.4) is 0 Å². The predicted octanol–water partition coefficient (Wildman–Crippen LogP) is 4.97. The number of thiocarbonyl (C=S) groups is 1. The molecular weight excluding hydrogens is 538 g/mol. The van der Waals surface area contributed by atoms with Gasteiger partial charge in [0.2, 0.25) is 10.0 Å². The van der Waals surface area contributed by atoms with Crippen molar-refractivity contribution in [3.8, 4) is 5.75 Å². The molecule has 0 fully saturated rings. The number of nitrogens with zero attached hydrogens (tertiary/aromatic N) is 1. The van der Waals surface area contributed by atoms with E-state index in [1.165, 1.54) is 28.6 Å². The van der Waals surface area contributed by atoms with Gasteiger partial charge in [-0.15, -0.1) is 13.2 Å². The summed E-state index contributed by atoms with van der Waals surface area (Å²) in [5, 5.41) is 5.57. The molecule has 2 aromatic rings. The largest absolute Gasteiger partial charge is 0.492 e. The molecule has 0 spiro atoms. The Hall–Kier alpha value is -2.53. The molecule has 2 rings (SSSR count). The van der Waals surface area contributed by atoms with E-state index in [4.69, 9.17) is 17.0 Å². The number of carbonyl (C=O) groups is 1. The van der Waals surface area contributed by atoms with Crippen LogP contribution in [0.1, 0.15) is 24.2 Å². The van der Waals surface area contributed by atoms with Crippen LogP contribution < -0.4 is 15.4 Å². The maximum absolute atomic E-state index is 12.8. The summed E-state index contributed by atoms with van der Waals surface area (Å²) >= 11 is 8.65. The molecule has 34 heavy (non-hydrogen) atoms. The lowest BCUT2D eigenvalue weighted by molar-refractivity contribution is 0.0977. The first-order valence-electron chi connectivity index (χ1n) is 10.4. The molecule has 1 amide bonds. The molecule has 2 aromatic carbocycles. The number of hydrogen-bond donors (Lipinski definition) is 2. The molecule has 0 saturated heterocycles. The SMILES string of the molecule is C=CCN(CC=C)S(=O)(=O)c1ccc(NC(=S)NC(=O)c2ccc(OCC(C)C)c(Br)c2)cc1. The predicted molar refractivity (Wildman–Crippen MR) is 144 cm³/mol. The van der Waals surface area contributed by atoms with Gasteiger partial charge in [-0.1, -0.05) is 26.0 Å². The summed E-state index contributed by atoms with van der Waals surface area (Å²) in [5.41, 5.74) is 0.931. The van der Waals surface area contributed by atoms with E-state index in [1.807, 2.05) is 0 Å². The van der Waals surface area contributed by atoms with Crippen molar-refractivity contribution in [2.45, 2.75) is 18.7 Å². The zero-order valence-corrected chi connectivity index (χ0v) is 22.3. The number of ether oxygens (including phenoxy) is 1. The highest BCUT2D eigenvalue weighted by Gasteiger charge is 2.22. The first-order chi connectivity index (χ1) is 16.1. The standard InChI is InChI=1S/C24H28BrN3O4S2/c1-5-13-28(14-6-2)34(30,31)20-10-8-19(9-11-20)26-24(33)27-23(29)18-7-12-22(21(25)15-18)32-16-17(3)4/h5-12,15,17H,1-2,13-14,16H2,3-4H3,(H2,26,27,29,33). The molecule has 182 valence electrons. The number of halogens is 1. The summed E-state index contributed by atoms with van der Waals surface area (Å²) in [4.78, 5) is 12.7. The second-order valence-corrected chi connectivity index (χ2v) is 10.9. The third-order valence-corrected chi connectivity index (χ3v) is 7.08. The molecule has 2 N–H and O–H groups in total. The van der Waals surface area contributed by atoms with Crippen molar-refractivity contribution in [1.29, 1.82) is 0 Å². The minimum absolute atomic E-state index is 0.0804. The molecule has 10 heteroatoms. The molecule has 0 aliphatic heterocycles. The van der Waals surface area contributed by atoms with Crippen LogP contribution in [-0.2, 0) is 10.0 Å². The van der Waals surface area contributed by atoms with Gasteiger partial charge in [0.05, 0.1) is 16.0 Å². The number of benzene rings is 2. The Bertz CT molecular complexity index is 1140. The van der Waals surface area contributed by atoms with E-state index in [9.17, 15) is 13.2 Å². The number of nitrogens with one attached hydrogen (secondary N) is 2. The zero-order chi connectivity index (χ0) is 25.3. The van der Waals surface area contributed by atoms with Crippen LogP contribution in [0.2, 0.25) is 0 Å². The van der Waals surface area contributed by atoms with Crippen molar-refractivity contribution < 1.29 is 17.9 Å². The Morgan fingerprint density at radius 1 is 1.15 bits per heavy atom. The van der Waals surface area contributed by atoms with Gasteiger partial charge in [-0.05, 0) is 76.5 Å². The van der Waals surface area contributed by atoms with Crippen LogP contribution in [0.5, 0.6) is 5.75 Å². The molecule has 0 unspecified atom stereocenters. The van der Waals surface area contributed by atoms with E-state index in [-0.39, 0.29) is 23.1 Å². The summed E-state index contributed by atoms with van der Waals surface area (Å²) in [6, 6.07) is 11.1. The van der Waals surface area contributed by atoms with Gasteiger partial charge in [0.15, 0.2) is 5.11 Å². The molecule has 0 radical (unpaired) electrons. The van der Waals surface area contributed by atoms with Gasteiger partial charge in [0.25, 0.3) is 5.91 Å². The Morgan fingerprint density at radius 3 is 2.29 bits per heavy atom. The molecular formula is C24H28BrN3O4S2. The minimum atomic E-state index is -3.70. The van der Waals surface area contributed by atoms with Crippen molar-refractivity contribution >= 4 is 54.9 Å². The molecule has 0 saturated carbocycles. The second kappa shape index (κ2) is 12.8. The van der Waals surface area contributed by atoms with Gasteiger partial charge in [-0.3, -0.25) is 10.1 Å². The van der Waals surface area contributed by atoms with E-state index in [0.717, 1.165) is 0 Å². The van der Waals surface area contributed by atoms with Gasteiger partial charge < -0.3 is 10.1 Å². The van der Waals surface area contributed by atoms with Gasteiger partial charge in [0.1, 0.15) is 5.75 Å². The highest BCUT2D eigenvalue weighted by Crippen LogP contribution is 2.26. The highest BCUT2D eigenvalue weighted by atomic mass is 79.9. The van der Waals surface area contributed by atoms with Crippen LogP contribution in [0.4, 0.5) is 5.69 Å². The lowest BCUT2D eigenvalue weighted by Gasteiger charge is -2.19. The summed E-state index contributed by atoms with van der Waals surface area (Å²) < 4.78 is 33.2. The lowest BCUT2D eigenvalue weighted by Crippen LogP contribution is -2.34. The van der Waals surface area contributed by atoms with Crippen molar-refractivity contribution in [3.63, 3.8) is 0 Å². The number of hydrogen-bond acceptors (Lipinski definition) is 5. The van der Waals surface area contributed by atoms with Crippen molar-refractivity contribution in [2.24, 2.45) is 5.92 Å². The Morgan fingerprint density at radius 2 is 1.76 bits per heavy atom. The summed E-state index contributed by atoms with van der Waals surface area (Å²) in [7, 11) is -3.70. The van der Waals surface area contributed by atoms with Crippen LogP contribution in [0, 0.1) is 5.92 Å². The fraction of sp³-hybridized carbons (Fsp3) is 0.250. The summed E-state index contributed by atoms with van der Waals surface area (Å²) in [6.07, 6.45) is 3.03. The van der Waals surface area contributed by atoms with Crippen LogP contribution in [0.25, 0.3) is 0 Å². The van der Waals surface area contributed by atoms with Gasteiger partial charge in [-0.2, -0.15) is 4.31 Å². The molecule has 0 aliphatic rings. The molecule has 0 atom stereocenters. The molecule has 0 heterocycles. The smallest absolute Gasteiger partial charge is 0.257 e. The van der Waals surface area contributed by atoms with Crippen molar-refractivity contribution in [2.75, 3.05) is 25.0 Å². The number of rotatable bonds is 11. The number of amides is 1. The van der Waals surface area contributed by atoms with E-state index >= 15 is 0 Å². The summed E-state index contributed by atoms with van der Waals surface area (Å²) in [6.45, 7) is 12.2. The third kappa shape index (κ3) is 7.76. The Kier molecular flexibility index (Phi) is 10.4. The quantitative estimate of drug-likeness (QED) is 0.295. The minimum Gasteiger partial charge on any atom is -0.492 e. The first kappa shape index (κ1) is 27.7.